The van der Waals surface area contributed by atoms with Gasteiger partial charge in [0.15, 0.2) is 0 Å². The van der Waals surface area contributed by atoms with Gasteiger partial charge in [-0.2, -0.15) is 0 Å². The van der Waals surface area contributed by atoms with E-state index in [9.17, 15) is 4.79 Å². The molecule has 1 saturated heterocycles. The molecule has 0 radical (unpaired) electrons. The van der Waals surface area contributed by atoms with Gasteiger partial charge in [0.1, 0.15) is 6.54 Å². The average Bonchev–Trinajstić information content (AvgIpc) is 3.07. The van der Waals surface area contributed by atoms with E-state index in [4.69, 9.17) is 0 Å². The topological polar surface area (TPSA) is 38.1 Å². The van der Waals surface area contributed by atoms with Crippen molar-refractivity contribution in [2.45, 2.75) is 45.6 Å². The van der Waals surface area contributed by atoms with Gasteiger partial charge < -0.3 is 9.47 Å². The second-order valence-electron chi connectivity index (χ2n) is 6.91. The molecule has 0 aliphatic carbocycles. The van der Waals surface area contributed by atoms with Crippen molar-refractivity contribution in [1.82, 2.24) is 14.5 Å². The van der Waals surface area contributed by atoms with Crippen LogP contribution in [0.5, 0.6) is 0 Å². The molecule has 4 nitrogen and oxygen atoms in total. The highest BCUT2D eigenvalue weighted by Gasteiger charge is 2.19. The molecule has 1 amide bonds. The summed E-state index contributed by atoms with van der Waals surface area (Å²) in [6.45, 7) is 8.79. The molecule has 4 heteroatoms. The number of benzene rings is 1. The molecule has 0 atom stereocenters. The minimum Gasteiger partial charge on any atom is -0.341 e. The largest absolute Gasteiger partial charge is 0.341 e. The number of amides is 1. The van der Waals surface area contributed by atoms with Crippen molar-refractivity contribution in [1.29, 1.82) is 0 Å². The Kier molecular flexibility index (Phi) is 3.47. The summed E-state index contributed by atoms with van der Waals surface area (Å²) in [5.41, 5.74) is 3.39. The molecule has 3 rings (SSSR count). The second kappa shape index (κ2) is 5.17. The average molecular weight is 285 g/mol. The second-order valence-corrected chi connectivity index (χ2v) is 6.91. The van der Waals surface area contributed by atoms with Gasteiger partial charge >= 0.3 is 0 Å². The van der Waals surface area contributed by atoms with E-state index in [-0.39, 0.29) is 11.3 Å². The summed E-state index contributed by atoms with van der Waals surface area (Å²) >= 11 is 0. The minimum atomic E-state index is 0.114. The molecule has 1 aromatic heterocycles. The first-order chi connectivity index (χ1) is 9.95. The monoisotopic (exact) mass is 285 g/mol. The van der Waals surface area contributed by atoms with Crippen LogP contribution in [0.1, 0.15) is 39.2 Å². The lowest BCUT2D eigenvalue weighted by atomic mass is 9.87. The summed E-state index contributed by atoms with van der Waals surface area (Å²) in [6.07, 6.45) is 4.04. The summed E-state index contributed by atoms with van der Waals surface area (Å²) in [6, 6.07) is 6.35. The third-order valence-electron chi connectivity index (χ3n) is 4.25. The van der Waals surface area contributed by atoms with Crippen molar-refractivity contribution < 1.29 is 4.79 Å². The van der Waals surface area contributed by atoms with Crippen LogP contribution in [-0.4, -0.2) is 33.4 Å². The number of hydrogen-bond donors (Lipinski definition) is 0. The summed E-state index contributed by atoms with van der Waals surface area (Å²) in [7, 11) is 0. The Balaban J connectivity index is 1.85. The normalized spacial score (nSPS) is 15.9. The molecule has 1 aromatic carbocycles. The number of nitrogens with zero attached hydrogens (tertiary/aromatic N) is 3. The molecule has 0 saturated carbocycles. The van der Waals surface area contributed by atoms with Crippen molar-refractivity contribution >= 4 is 16.9 Å². The van der Waals surface area contributed by atoms with Crippen LogP contribution in [-0.2, 0) is 16.8 Å². The first-order valence-electron chi connectivity index (χ1n) is 7.68. The predicted molar refractivity (Wildman–Crippen MR) is 84.2 cm³/mol. The SMILES string of the molecule is CC(C)(C)c1ccc2c(c1)ncn2CC(=O)N1CCCC1. The van der Waals surface area contributed by atoms with Crippen LogP contribution in [0.3, 0.4) is 0 Å². The number of fused-ring (bicyclic) bond motifs is 1. The van der Waals surface area contributed by atoms with Gasteiger partial charge in [-0.1, -0.05) is 26.8 Å². The zero-order valence-electron chi connectivity index (χ0n) is 13.1. The summed E-state index contributed by atoms with van der Waals surface area (Å²) in [5, 5.41) is 0. The lowest BCUT2D eigenvalue weighted by Crippen LogP contribution is -2.30. The fourth-order valence-electron chi connectivity index (χ4n) is 2.87. The molecule has 1 aliphatic heterocycles. The van der Waals surface area contributed by atoms with E-state index in [2.05, 4.69) is 44.0 Å². The maximum Gasteiger partial charge on any atom is 0.242 e. The molecule has 112 valence electrons. The minimum absolute atomic E-state index is 0.114. The Labute approximate surface area is 125 Å². The van der Waals surface area contributed by atoms with Crippen LogP contribution in [0.15, 0.2) is 24.5 Å². The molecule has 0 bridgehead atoms. The van der Waals surface area contributed by atoms with Gasteiger partial charge in [0.25, 0.3) is 0 Å². The van der Waals surface area contributed by atoms with Crippen LogP contribution in [0.25, 0.3) is 11.0 Å². The van der Waals surface area contributed by atoms with Gasteiger partial charge in [0.2, 0.25) is 5.91 Å². The van der Waals surface area contributed by atoms with Crippen LogP contribution < -0.4 is 0 Å². The van der Waals surface area contributed by atoms with Crippen LogP contribution in [0, 0.1) is 0 Å². The van der Waals surface area contributed by atoms with E-state index in [0.29, 0.717) is 6.54 Å². The zero-order chi connectivity index (χ0) is 15.0. The van der Waals surface area contributed by atoms with Crippen LogP contribution >= 0.6 is 0 Å². The molecule has 0 spiro atoms. The van der Waals surface area contributed by atoms with Crippen LogP contribution in [0.4, 0.5) is 0 Å². The van der Waals surface area contributed by atoms with Gasteiger partial charge in [-0.05, 0) is 36.0 Å². The Bertz CT molecular complexity index is 660. The Morgan fingerprint density at radius 3 is 2.62 bits per heavy atom. The molecule has 2 aromatic rings. The van der Waals surface area contributed by atoms with Gasteiger partial charge in [0, 0.05) is 13.1 Å². The molecule has 1 fully saturated rings. The van der Waals surface area contributed by atoms with Gasteiger partial charge in [-0.3, -0.25) is 4.79 Å². The molecule has 21 heavy (non-hydrogen) atoms. The number of carbonyl (C=O) groups excluding carboxylic acids is 1. The smallest absolute Gasteiger partial charge is 0.242 e. The number of imidazole rings is 1. The van der Waals surface area contributed by atoms with E-state index in [1.165, 1.54) is 5.56 Å². The molecular weight excluding hydrogens is 262 g/mol. The molecular formula is C17H23N3O. The summed E-state index contributed by atoms with van der Waals surface area (Å²) in [5.74, 6) is 0.201. The van der Waals surface area contributed by atoms with Crippen LogP contribution in [0.2, 0.25) is 0 Å². The maximum atomic E-state index is 12.3. The number of rotatable bonds is 2. The first-order valence-corrected chi connectivity index (χ1v) is 7.68. The van der Waals surface area contributed by atoms with E-state index in [1.807, 2.05) is 9.47 Å². The Morgan fingerprint density at radius 1 is 1.24 bits per heavy atom. The zero-order valence-corrected chi connectivity index (χ0v) is 13.1. The molecule has 1 aliphatic rings. The van der Waals surface area contributed by atoms with Crippen molar-refractivity contribution in [3.63, 3.8) is 0 Å². The predicted octanol–water partition coefficient (Wildman–Crippen LogP) is 2.96. The maximum absolute atomic E-state index is 12.3. The quantitative estimate of drug-likeness (QED) is 0.851. The van der Waals surface area contributed by atoms with Gasteiger partial charge in [-0.15, -0.1) is 0 Å². The molecule has 0 unspecified atom stereocenters. The van der Waals surface area contributed by atoms with E-state index in [1.54, 1.807) is 6.33 Å². The van der Waals surface area contributed by atoms with E-state index >= 15 is 0 Å². The molecule has 0 N–H and O–H groups in total. The number of aromatic nitrogens is 2. The van der Waals surface area contributed by atoms with Crippen molar-refractivity contribution in [3.05, 3.63) is 30.1 Å². The van der Waals surface area contributed by atoms with E-state index in [0.717, 1.165) is 37.0 Å². The number of carbonyl (C=O) groups is 1. The number of likely N-dealkylation sites (tertiary alicyclic amines) is 1. The standard InChI is InChI=1S/C17H23N3O/c1-17(2,3)13-6-7-15-14(10-13)18-12-20(15)11-16(21)19-8-4-5-9-19/h6-7,10,12H,4-5,8-9,11H2,1-3H3. The highest BCUT2D eigenvalue weighted by Crippen LogP contribution is 2.25. The van der Waals surface area contributed by atoms with Crippen molar-refractivity contribution in [2.75, 3.05) is 13.1 Å². The third kappa shape index (κ3) is 2.80. The summed E-state index contributed by atoms with van der Waals surface area (Å²) in [4.78, 5) is 18.7. The Morgan fingerprint density at radius 2 is 1.95 bits per heavy atom. The first kappa shape index (κ1) is 14.1. The lowest BCUT2D eigenvalue weighted by molar-refractivity contribution is -0.130. The fourth-order valence-corrected chi connectivity index (χ4v) is 2.87. The van der Waals surface area contributed by atoms with Gasteiger partial charge in [-0.25, -0.2) is 4.98 Å². The third-order valence-corrected chi connectivity index (χ3v) is 4.25. The molecule has 2 heterocycles. The highest BCUT2D eigenvalue weighted by molar-refractivity contribution is 5.81. The van der Waals surface area contributed by atoms with Crippen molar-refractivity contribution in [3.8, 4) is 0 Å². The van der Waals surface area contributed by atoms with Crippen molar-refractivity contribution in [2.24, 2.45) is 0 Å². The lowest BCUT2D eigenvalue weighted by Gasteiger charge is -2.19. The Hall–Kier alpha value is -1.84. The summed E-state index contributed by atoms with van der Waals surface area (Å²) < 4.78 is 1.96. The highest BCUT2D eigenvalue weighted by atomic mass is 16.2. The van der Waals surface area contributed by atoms with Gasteiger partial charge in [0.05, 0.1) is 17.4 Å². The number of hydrogen-bond acceptors (Lipinski definition) is 2. The fraction of sp³-hybridized carbons (Fsp3) is 0.529. The van der Waals surface area contributed by atoms with E-state index < -0.39 is 0 Å².